The maximum Gasteiger partial charge on any atom is 0.253 e. The summed E-state index contributed by atoms with van der Waals surface area (Å²) in [5, 5.41) is 10.3. The van der Waals surface area contributed by atoms with E-state index in [9.17, 15) is 14.4 Å². The van der Waals surface area contributed by atoms with E-state index in [-0.39, 0.29) is 29.6 Å². The van der Waals surface area contributed by atoms with Crippen LogP contribution in [0.4, 0.5) is 5.69 Å². The summed E-state index contributed by atoms with van der Waals surface area (Å²) in [6.45, 7) is 3.67. The fourth-order valence-corrected chi connectivity index (χ4v) is 5.22. The van der Waals surface area contributed by atoms with Crippen LogP contribution in [0.2, 0.25) is 0 Å². The Kier molecular flexibility index (Phi) is 6.83. The Morgan fingerprint density at radius 2 is 1.75 bits per heavy atom. The van der Waals surface area contributed by atoms with E-state index in [1.54, 1.807) is 24.3 Å². The Bertz CT molecular complexity index is 1230. The van der Waals surface area contributed by atoms with Crippen molar-refractivity contribution in [3.05, 3.63) is 77.4 Å². The molecular weight excluding hydrogens is 454 g/mol. The molecule has 1 aliphatic carbocycles. The fourth-order valence-electron chi connectivity index (χ4n) is 5.22. The monoisotopic (exact) mass is 483 g/mol. The van der Waals surface area contributed by atoms with E-state index in [2.05, 4.69) is 16.4 Å². The molecule has 2 aromatic rings. The van der Waals surface area contributed by atoms with Gasteiger partial charge in [-0.15, -0.1) is 0 Å². The summed E-state index contributed by atoms with van der Waals surface area (Å²) in [7, 11) is 0. The highest BCUT2D eigenvalue weighted by molar-refractivity contribution is 6.05. The Labute approximate surface area is 210 Å². The van der Waals surface area contributed by atoms with Crippen LogP contribution in [-0.4, -0.2) is 53.7 Å². The Hall–Kier alpha value is -3.96. The molecule has 2 aromatic carbocycles. The third kappa shape index (κ3) is 4.88. The number of nitrogens with one attached hydrogen (secondary N) is 1. The maximum atomic E-state index is 13.4. The lowest BCUT2D eigenvalue weighted by atomic mass is 9.80. The van der Waals surface area contributed by atoms with Gasteiger partial charge in [-0.25, -0.2) is 5.01 Å². The van der Waals surface area contributed by atoms with Gasteiger partial charge in [0.05, 0.1) is 29.2 Å². The lowest BCUT2D eigenvalue weighted by Crippen LogP contribution is -2.59. The van der Waals surface area contributed by atoms with E-state index in [4.69, 9.17) is 5.26 Å². The summed E-state index contributed by atoms with van der Waals surface area (Å²) in [6.07, 6.45) is 5.90. The first-order chi connectivity index (χ1) is 17.5. The summed E-state index contributed by atoms with van der Waals surface area (Å²) in [5.41, 5.74) is 5.53. The molecule has 2 aliphatic heterocycles. The molecule has 3 amide bonds. The number of nitriles is 1. The minimum absolute atomic E-state index is 0.0775. The van der Waals surface area contributed by atoms with Crippen LogP contribution in [0.5, 0.6) is 0 Å². The summed E-state index contributed by atoms with van der Waals surface area (Å²) in [5.74, 6) is -1.06. The number of nitrogens with zero attached hydrogens (tertiary/aromatic N) is 4. The van der Waals surface area contributed by atoms with Crippen LogP contribution in [0, 0.1) is 23.2 Å². The first kappa shape index (κ1) is 23.8. The zero-order valence-corrected chi connectivity index (χ0v) is 20.1. The lowest BCUT2D eigenvalue weighted by molar-refractivity contribution is -0.139. The largest absolute Gasteiger partial charge is 0.337 e. The van der Waals surface area contributed by atoms with E-state index in [0.29, 0.717) is 42.7 Å². The van der Waals surface area contributed by atoms with Crippen LogP contribution in [0.15, 0.2) is 60.7 Å². The number of fused-ring (bicyclic) bond motifs is 1. The molecule has 0 saturated carbocycles. The minimum atomic E-state index is -0.365. The molecular formula is C28H29N5O3. The van der Waals surface area contributed by atoms with Crippen LogP contribution < -0.4 is 10.4 Å². The van der Waals surface area contributed by atoms with Crippen molar-refractivity contribution in [3.63, 3.8) is 0 Å². The molecule has 2 fully saturated rings. The standard InChI is InChI=1S/C28H29N5O3/c29-18-20-9-11-21(12-10-20)19-31-13-4-14-32(16-15-31)27(35)22-5-3-6-23(17-22)33-28(36)25-8-2-1-7-24(25)26(34)30-33/h1-3,5-6,9-12,17,24-25H,4,7-8,13-16,19H2,(H,30,34). The number of rotatable bonds is 4. The molecule has 2 unspecified atom stereocenters. The summed E-state index contributed by atoms with van der Waals surface area (Å²) >= 11 is 0. The van der Waals surface area contributed by atoms with Crippen molar-refractivity contribution >= 4 is 23.4 Å². The normalized spacial score (nSPS) is 22.4. The molecule has 36 heavy (non-hydrogen) atoms. The van der Waals surface area contributed by atoms with E-state index in [0.717, 1.165) is 31.6 Å². The zero-order chi connectivity index (χ0) is 25.1. The number of benzene rings is 2. The second-order valence-corrected chi connectivity index (χ2v) is 9.59. The second-order valence-electron chi connectivity index (χ2n) is 9.59. The molecule has 3 aliphatic rings. The maximum absolute atomic E-state index is 13.4. The molecule has 184 valence electrons. The number of hydrogen-bond acceptors (Lipinski definition) is 5. The van der Waals surface area contributed by atoms with Crippen molar-refractivity contribution < 1.29 is 14.4 Å². The van der Waals surface area contributed by atoms with Gasteiger partial charge < -0.3 is 4.90 Å². The number of amides is 3. The molecule has 0 spiro atoms. The average molecular weight is 484 g/mol. The van der Waals surface area contributed by atoms with Crippen molar-refractivity contribution in [1.82, 2.24) is 15.2 Å². The molecule has 0 radical (unpaired) electrons. The number of carbonyl (C=O) groups is 3. The molecule has 2 atom stereocenters. The highest BCUT2D eigenvalue weighted by Crippen LogP contribution is 2.32. The van der Waals surface area contributed by atoms with Gasteiger partial charge in [0.2, 0.25) is 11.8 Å². The van der Waals surface area contributed by atoms with Gasteiger partial charge >= 0.3 is 0 Å². The van der Waals surface area contributed by atoms with Gasteiger partial charge in [0, 0.05) is 38.3 Å². The van der Waals surface area contributed by atoms with E-state index < -0.39 is 0 Å². The van der Waals surface area contributed by atoms with Crippen molar-refractivity contribution in [2.24, 2.45) is 11.8 Å². The van der Waals surface area contributed by atoms with Gasteiger partial charge in [0.25, 0.3) is 5.91 Å². The number of hydrogen-bond donors (Lipinski definition) is 1. The first-order valence-corrected chi connectivity index (χ1v) is 12.4. The summed E-state index contributed by atoms with van der Waals surface area (Å²) < 4.78 is 0. The molecule has 2 heterocycles. The molecule has 0 aromatic heterocycles. The molecule has 5 rings (SSSR count). The molecule has 8 nitrogen and oxygen atoms in total. The Morgan fingerprint density at radius 1 is 0.972 bits per heavy atom. The molecule has 0 bridgehead atoms. The van der Waals surface area contributed by atoms with Gasteiger partial charge in [-0.1, -0.05) is 30.4 Å². The quantitative estimate of drug-likeness (QED) is 0.675. The summed E-state index contributed by atoms with van der Waals surface area (Å²) in [4.78, 5) is 43.3. The smallest absolute Gasteiger partial charge is 0.253 e. The van der Waals surface area contributed by atoms with Crippen LogP contribution in [-0.2, 0) is 16.1 Å². The van der Waals surface area contributed by atoms with Crippen molar-refractivity contribution in [1.29, 1.82) is 5.26 Å². The van der Waals surface area contributed by atoms with E-state index >= 15 is 0 Å². The zero-order valence-electron chi connectivity index (χ0n) is 20.1. The molecule has 8 heteroatoms. The number of allylic oxidation sites excluding steroid dienone is 2. The van der Waals surface area contributed by atoms with Crippen LogP contribution >= 0.6 is 0 Å². The predicted molar refractivity (Wildman–Crippen MR) is 134 cm³/mol. The van der Waals surface area contributed by atoms with E-state index in [1.807, 2.05) is 41.3 Å². The minimum Gasteiger partial charge on any atom is -0.337 e. The van der Waals surface area contributed by atoms with Gasteiger partial charge in [-0.2, -0.15) is 5.26 Å². The van der Waals surface area contributed by atoms with Crippen LogP contribution in [0.25, 0.3) is 0 Å². The number of hydrazine groups is 1. The van der Waals surface area contributed by atoms with Gasteiger partial charge in [-0.3, -0.25) is 24.7 Å². The highest BCUT2D eigenvalue weighted by atomic mass is 16.2. The average Bonchev–Trinajstić information content (AvgIpc) is 3.16. The predicted octanol–water partition coefficient (Wildman–Crippen LogP) is 2.87. The fraction of sp³-hybridized carbons (Fsp3) is 0.357. The van der Waals surface area contributed by atoms with Gasteiger partial charge in [-0.05, 0) is 55.2 Å². The lowest BCUT2D eigenvalue weighted by Gasteiger charge is -2.38. The van der Waals surface area contributed by atoms with Crippen molar-refractivity contribution in [3.8, 4) is 6.07 Å². The van der Waals surface area contributed by atoms with Crippen molar-refractivity contribution in [2.45, 2.75) is 25.8 Å². The third-order valence-corrected chi connectivity index (χ3v) is 7.25. The van der Waals surface area contributed by atoms with Gasteiger partial charge in [0.15, 0.2) is 0 Å². The Morgan fingerprint density at radius 3 is 2.53 bits per heavy atom. The third-order valence-electron chi connectivity index (χ3n) is 7.25. The van der Waals surface area contributed by atoms with Crippen molar-refractivity contribution in [2.75, 3.05) is 31.2 Å². The topological polar surface area (TPSA) is 96.8 Å². The Balaban J connectivity index is 1.25. The van der Waals surface area contributed by atoms with Gasteiger partial charge in [0.1, 0.15) is 0 Å². The highest BCUT2D eigenvalue weighted by Gasteiger charge is 2.42. The molecule has 1 N–H and O–H groups in total. The SMILES string of the molecule is N#Cc1ccc(CN2CCCN(C(=O)c3cccc(N4NC(=O)C5CC=CCC5C4=O)c3)CC2)cc1. The first-order valence-electron chi connectivity index (χ1n) is 12.4. The van der Waals surface area contributed by atoms with E-state index in [1.165, 1.54) is 5.01 Å². The molecule has 2 saturated heterocycles. The summed E-state index contributed by atoms with van der Waals surface area (Å²) in [6, 6.07) is 16.7. The second kappa shape index (κ2) is 10.3. The van der Waals surface area contributed by atoms with Crippen LogP contribution in [0.1, 0.15) is 40.7 Å². The number of anilines is 1. The number of carbonyl (C=O) groups excluding carboxylic acids is 3. The van der Waals surface area contributed by atoms with Crippen LogP contribution in [0.3, 0.4) is 0 Å².